The third-order valence-electron chi connectivity index (χ3n) is 2.78. The highest BCUT2D eigenvalue weighted by Gasteiger charge is 2.19. The van der Waals surface area contributed by atoms with Gasteiger partial charge in [0.2, 0.25) is 0 Å². The molecule has 0 heterocycles. The predicted molar refractivity (Wildman–Crippen MR) is 73.3 cm³/mol. The molecule has 1 atom stereocenters. The summed E-state index contributed by atoms with van der Waals surface area (Å²) in [6.45, 7) is 2.04. The Kier molecular flexibility index (Phi) is 4.56. The Labute approximate surface area is 115 Å². The quantitative estimate of drug-likeness (QED) is 0.849. The molecule has 0 aliphatic carbocycles. The summed E-state index contributed by atoms with van der Waals surface area (Å²) in [6.07, 6.45) is -1.29. The van der Waals surface area contributed by atoms with Crippen LogP contribution in [-0.2, 0) is 0 Å². The van der Waals surface area contributed by atoms with Gasteiger partial charge in [0, 0.05) is 4.90 Å². The van der Waals surface area contributed by atoms with Gasteiger partial charge in [-0.2, -0.15) is 0 Å². The summed E-state index contributed by atoms with van der Waals surface area (Å²) < 4.78 is 27.2. The summed E-state index contributed by atoms with van der Waals surface area (Å²) in [4.78, 5) is 1.06. The van der Waals surface area contributed by atoms with Crippen LogP contribution >= 0.6 is 11.8 Å². The van der Waals surface area contributed by atoms with Crippen molar-refractivity contribution in [3.8, 4) is 0 Å². The lowest BCUT2D eigenvalue weighted by molar-refractivity contribution is 0.209. The summed E-state index contributed by atoms with van der Waals surface area (Å²) in [5.74, 6) is -0.525. The van der Waals surface area contributed by atoms with Crippen molar-refractivity contribution in [3.63, 3.8) is 0 Å². The normalized spacial score (nSPS) is 12.4. The SMILES string of the molecule is CCSc1ccc(C(O)c2c(F)cccc2F)cc1. The number of rotatable bonds is 4. The molecular formula is C15H14F2OS. The van der Waals surface area contributed by atoms with E-state index in [1.54, 1.807) is 23.9 Å². The molecule has 0 aliphatic heterocycles. The summed E-state index contributed by atoms with van der Waals surface area (Å²) in [7, 11) is 0. The van der Waals surface area contributed by atoms with Gasteiger partial charge in [0.15, 0.2) is 0 Å². The predicted octanol–water partition coefficient (Wildman–Crippen LogP) is 4.16. The van der Waals surface area contributed by atoms with Crippen molar-refractivity contribution in [1.29, 1.82) is 0 Å². The molecule has 0 radical (unpaired) electrons. The molecule has 0 bridgehead atoms. The second-order valence-corrected chi connectivity index (χ2v) is 5.38. The molecule has 1 unspecified atom stereocenters. The summed E-state index contributed by atoms with van der Waals surface area (Å²) in [6, 6.07) is 10.6. The van der Waals surface area contributed by atoms with E-state index in [1.807, 2.05) is 19.1 Å². The van der Waals surface area contributed by atoms with Gasteiger partial charge >= 0.3 is 0 Å². The van der Waals surface area contributed by atoms with E-state index in [0.29, 0.717) is 5.56 Å². The first-order valence-corrected chi connectivity index (χ1v) is 6.96. The van der Waals surface area contributed by atoms with Gasteiger partial charge < -0.3 is 5.11 Å². The molecule has 0 amide bonds. The zero-order valence-corrected chi connectivity index (χ0v) is 11.3. The van der Waals surface area contributed by atoms with Gasteiger partial charge in [-0.1, -0.05) is 25.1 Å². The van der Waals surface area contributed by atoms with Crippen LogP contribution in [0.5, 0.6) is 0 Å². The molecule has 2 aromatic rings. The van der Waals surface area contributed by atoms with Crippen LogP contribution in [0.3, 0.4) is 0 Å². The van der Waals surface area contributed by atoms with E-state index in [9.17, 15) is 13.9 Å². The number of aliphatic hydroxyl groups excluding tert-OH is 1. The molecule has 0 saturated carbocycles. The number of hydrogen-bond acceptors (Lipinski definition) is 2. The van der Waals surface area contributed by atoms with E-state index < -0.39 is 17.7 Å². The van der Waals surface area contributed by atoms with Gasteiger partial charge in [0.1, 0.15) is 17.7 Å². The van der Waals surface area contributed by atoms with E-state index in [1.165, 1.54) is 6.07 Å². The van der Waals surface area contributed by atoms with Crippen LogP contribution in [0.4, 0.5) is 8.78 Å². The molecule has 0 aromatic heterocycles. The summed E-state index contributed by atoms with van der Waals surface area (Å²) in [5.41, 5.74) is 0.169. The van der Waals surface area contributed by atoms with E-state index in [2.05, 4.69) is 0 Å². The first-order chi connectivity index (χ1) is 9.13. The molecule has 0 aliphatic rings. The molecule has 100 valence electrons. The standard InChI is InChI=1S/C15H14F2OS/c1-2-19-11-8-6-10(7-9-11)15(18)14-12(16)4-3-5-13(14)17/h3-9,15,18H,2H2,1H3. The third kappa shape index (κ3) is 3.14. The first-order valence-electron chi connectivity index (χ1n) is 5.98. The Balaban J connectivity index is 2.31. The molecule has 19 heavy (non-hydrogen) atoms. The van der Waals surface area contributed by atoms with Crippen LogP contribution in [0.1, 0.15) is 24.2 Å². The minimum absolute atomic E-state index is 0.307. The van der Waals surface area contributed by atoms with Crippen LogP contribution in [0.25, 0.3) is 0 Å². The van der Waals surface area contributed by atoms with Crippen molar-refractivity contribution in [2.45, 2.75) is 17.9 Å². The third-order valence-corrected chi connectivity index (χ3v) is 3.67. The Bertz CT molecular complexity index is 534. The zero-order valence-electron chi connectivity index (χ0n) is 10.4. The number of benzene rings is 2. The monoisotopic (exact) mass is 280 g/mol. The summed E-state index contributed by atoms with van der Waals surface area (Å²) in [5, 5.41) is 10.1. The molecule has 0 fully saturated rings. The van der Waals surface area contributed by atoms with Gasteiger partial charge in [-0.15, -0.1) is 11.8 Å². The maximum absolute atomic E-state index is 13.6. The van der Waals surface area contributed by atoms with E-state index in [-0.39, 0.29) is 5.56 Å². The fourth-order valence-electron chi connectivity index (χ4n) is 1.85. The van der Waals surface area contributed by atoms with E-state index in [0.717, 1.165) is 22.8 Å². The van der Waals surface area contributed by atoms with Gasteiger partial charge in [-0.3, -0.25) is 0 Å². The van der Waals surface area contributed by atoms with Gasteiger partial charge in [0.05, 0.1) is 5.56 Å². The van der Waals surface area contributed by atoms with Crippen molar-refractivity contribution >= 4 is 11.8 Å². The maximum Gasteiger partial charge on any atom is 0.132 e. The van der Waals surface area contributed by atoms with Gasteiger partial charge in [0.25, 0.3) is 0 Å². The molecule has 2 rings (SSSR count). The number of halogens is 2. The largest absolute Gasteiger partial charge is 0.383 e. The lowest BCUT2D eigenvalue weighted by Crippen LogP contribution is -2.05. The van der Waals surface area contributed by atoms with Crippen LogP contribution in [0, 0.1) is 11.6 Å². The van der Waals surface area contributed by atoms with Crippen LogP contribution in [0.15, 0.2) is 47.4 Å². The first kappa shape index (κ1) is 14.0. The van der Waals surface area contributed by atoms with Crippen molar-refractivity contribution in [1.82, 2.24) is 0 Å². The van der Waals surface area contributed by atoms with Crippen molar-refractivity contribution in [3.05, 3.63) is 65.2 Å². The average Bonchev–Trinajstić information content (AvgIpc) is 2.39. The average molecular weight is 280 g/mol. The molecule has 0 saturated heterocycles. The Morgan fingerprint density at radius 1 is 1.05 bits per heavy atom. The number of hydrogen-bond donors (Lipinski definition) is 1. The second-order valence-electron chi connectivity index (χ2n) is 4.04. The number of aliphatic hydroxyl groups is 1. The molecule has 0 spiro atoms. The van der Waals surface area contributed by atoms with Crippen molar-refractivity contribution < 1.29 is 13.9 Å². The molecule has 4 heteroatoms. The Morgan fingerprint density at radius 2 is 1.63 bits per heavy atom. The molecule has 1 nitrogen and oxygen atoms in total. The lowest BCUT2D eigenvalue weighted by Gasteiger charge is -2.13. The van der Waals surface area contributed by atoms with Gasteiger partial charge in [-0.05, 0) is 35.6 Å². The Hall–Kier alpha value is -1.39. The summed E-state index contributed by atoms with van der Waals surface area (Å²) >= 11 is 1.67. The minimum Gasteiger partial charge on any atom is -0.383 e. The number of thioether (sulfide) groups is 1. The van der Waals surface area contributed by atoms with E-state index in [4.69, 9.17) is 0 Å². The van der Waals surface area contributed by atoms with Crippen molar-refractivity contribution in [2.24, 2.45) is 0 Å². The zero-order chi connectivity index (χ0) is 13.8. The second kappa shape index (κ2) is 6.17. The smallest absolute Gasteiger partial charge is 0.132 e. The van der Waals surface area contributed by atoms with Crippen molar-refractivity contribution in [2.75, 3.05) is 5.75 Å². The Morgan fingerprint density at radius 3 is 2.16 bits per heavy atom. The van der Waals surface area contributed by atoms with E-state index >= 15 is 0 Å². The van der Waals surface area contributed by atoms with Crippen LogP contribution < -0.4 is 0 Å². The topological polar surface area (TPSA) is 20.2 Å². The fraction of sp³-hybridized carbons (Fsp3) is 0.200. The fourth-order valence-corrected chi connectivity index (χ4v) is 2.51. The molecular weight excluding hydrogens is 266 g/mol. The highest BCUT2D eigenvalue weighted by atomic mass is 32.2. The van der Waals surface area contributed by atoms with Gasteiger partial charge in [-0.25, -0.2) is 8.78 Å². The highest BCUT2D eigenvalue weighted by Crippen LogP contribution is 2.28. The van der Waals surface area contributed by atoms with Crippen LogP contribution in [-0.4, -0.2) is 10.9 Å². The highest BCUT2D eigenvalue weighted by molar-refractivity contribution is 7.99. The molecule has 2 aromatic carbocycles. The molecule has 1 N–H and O–H groups in total. The van der Waals surface area contributed by atoms with Crippen LogP contribution in [0.2, 0.25) is 0 Å². The minimum atomic E-state index is -1.29. The maximum atomic E-state index is 13.6. The lowest BCUT2D eigenvalue weighted by atomic mass is 10.0.